The molecule has 0 fully saturated rings. The van der Waals surface area contributed by atoms with E-state index in [1.165, 1.54) is 17.4 Å². The zero-order chi connectivity index (χ0) is 22.6. The number of hydrogen-bond acceptors (Lipinski definition) is 6. The maximum Gasteiger partial charge on any atom is 0.250 e. The van der Waals surface area contributed by atoms with E-state index in [1.54, 1.807) is 13.0 Å². The molecule has 2 aromatic carbocycles. The molecule has 1 unspecified atom stereocenters. The number of nitrogens with zero attached hydrogens (tertiary/aromatic N) is 2. The van der Waals surface area contributed by atoms with Crippen molar-refractivity contribution in [3.8, 4) is 16.5 Å². The predicted molar refractivity (Wildman–Crippen MR) is 128 cm³/mol. The molecule has 0 aliphatic rings. The average molecular weight is 456 g/mol. The summed E-state index contributed by atoms with van der Waals surface area (Å²) in [6, 6.07) is 18.0. The minimum Gasteiger partial charge on any atom is -0.396 e. The first-order valence-electron chi connectivity index (χ1n) is 9.77. The number of rotatable bonds is 8. The van der Waals surface area contributed by atoms with Gasteiger partial charge in [0.25, 0.3) is 10.0 Å². The van der Waals surface area contributed by atoms with Crippen LogP contribution in [0.1, 0.15) is 11.8 Å². The molecule has 3 aromatic rings. The number of hydrogen-bond donors (Lipinski definition) is 2. The van der Waals surface area contributed by atoms with Gasteiger partial charge in [-0.05, 0) is 58.7 Å². The van der Waals surface area contributed by atoms with E-state index in [0.717, 1.165) is 26.9 Å². The van der Waals surface area contributed by atoms with Crippen LogP contribution in [0.25, 0.3) is 27.3 Å². The van der Waals surface area contributed by atoms with E-state index in [4.69, 9.17) is 5.11 Å². The monoisotopic (exact) mass is 455 g/mol. The number of benzene rings is 2. The molecule has 162 valence electrons. The highest BCUT2D eigenvalue weighted by Gasteiger charge is 2.18. The van der Waals surface area contributed by atoms with E-state index < -0.39 is 10.0 Å². The molecule has 1 heterocycles. The topological polar surface area (TPSA) is 93.4 Å². The largest absolute Gasteiger partial charge is 0.396 e. The van der Waals surface area contributed by atoms with Crippen LogP contribution in [-0.4, -0.2) is 40.8 Å². The molecule has 31 heavy (non-hydrogen) atoms. The van der Waals surface area contributed by atoms with Crippen LogP contribution in [0.15, 0.2) is 53.4 Å². The summed E-state index contributed by atoms with van der Waals surface area (Å²) in [5.41, 5.74) is 2.17. The van der Waals surface area contributed by atoms with E-state index in [2.05, 4.69) is 40.0 Å². The van der Waals surface area contributed by atoms with E-state index in [-0.39, 0.29) is 24.0 Å². The van der Waals surface area contributed by atoms with Gasteiger partial charge in [0.05, 0.1) is 0 Å². The maximum absolute atomic E-state index is 12.4. The number of nitriles is 1. The first kappa shape index (κ1) is 23.0. The van der Waals surface area contributed by atoms with Crippen LogP contribution < -0.4 is 9.62 Å². The van der Waals surface area contributed by atoms with Crippen molar-refractivity contribution in [3.63, 3.8) is 0 Å². The van der Waals surface area contributed by atoms with E-state index >= 15 is 0 Å². The van der Waals surface area contributed by atoms with Gasteiger partial charge < -0.3 is 10.0 Å². The van der Waals surface area contributed by atoms with Crippen LogP contribution in [-0.2, 0) is 10.0 Å². The van der Waals surface area contributed by atoms with Crippen LogP contribution in [0.4, 0.5) is 5.69 Å². The summed E-state index contributed by atoms with van der Waals surface area (Å²) in [6.07, 6.45) is 1.38. The van der Waals surface area contributed by atoms with Crippen molar-refractivity contribution in [2.45, 2.75) is 6.92 Å². The Morgan fingerprint density at radius 3 is 2.58 bits per heavy atom. The van der Waals surface area contributed by atoms with Crippen molar-refractivity contribution in [3.05, 3.63) is 58.3 Å². The number of aliphatic hydroxyl groups is 1. The fourth-order valence-corrected chi connectivity index (χ4v) is 5.03. The van der Waals surface area contributed by atoms with Gasteiger partial charge in [-0.25, -0.2) is 13.1 Å². The van der Waals surface area contributed by atoms with Crippen molar-refractivity contribution in [1.29, 1.82) is 5.26 Å². The van der Waals surface area contributed by atoms with Gasteiger partial charge in [0.1, 0.15) is 6.07 Å². The minimum atomic E-state index is -3.93. The zero-order valence-corrected chi connectivity index (χ0v) is 19.3. The molecule has 8 heteroatoms. The Balaban J connectivity index is 1.86. The lowest BCUT2D eigenvalue weighted by Gasteiger charge is -2.13. The van der Waals surface area contributed by atoms with Crippen LogP contribution in [0.3, 0.4) is 0 Å². The smallest absolute Gasteiger partial charge is 0.250 e. The Morgan fingerprint density at radius 2 is 1.90 bits per heavy atom. The average Bonchev–Trinajstić information content (AvgIpc) is 3.23. The number of sulfonamides is 1. The lowest BCUT2D eigenvalue weighted by Crippen LogP contribution is -2.30. The molecule has 1 aromatic heterocycles. The molecule has 0 spiro atoms. The summed E-state index contributed by atoms with van der Waals surface area (Å²) in [7, 11) is 0.0876. The SMILES string of the molecule is CC(CO)CNS(=O)(=O)/C(C#N)=C/c1ccc(-c2ccc3cc(N(C)C)ccc3c2)s1. The normalized spacial score (nSPS) is 13.2. The Kier molecular flexibility index (Phi) is 7.13. The van der Waals surface area contributed by atoms with E-state index in [9.17, 15) is 13.7 Å². The minimum absolute atomic E-state index is 0.0696. The molecule has 0 saturated carbocycles. The highest BCUT2D eigenvalue weighted by Crippen LogP contribution is 2.32. The number of fused-ring (bicyclic) bond motifs is 1. The summed E-state index contributed by atoms with van der Waals surface area (Å²) in [5.74, 6) is -0.232. The van der Waals surface area contributed by atoms with Gasteiger partial charge in [-0.15, -0.1) is 11.3 Å². The lowest BCUT2D eigenvalue weighted by molar-refractivity contribution is 0.239. The number of nitrogens with one attached hydrogen (secondary N) is 1. The third-order valence-electron chi connectivity index (χ3n) is 4.86. The molecule has 0 aliphatic heterocycles. The van der Waals surface area contributed by atoms with Crippen molar-refractivity contribution in [2.75, 3.05) is 32.1 Å². The predicted octanol–water partition coefficient (Wildman–Crippen LogP) is 4.05. The fourth-order valence-electron chi connectivity index (χ4n) is 2.94. The molecular formula is C23H25N3O3S2. The van der Waals surface area contributed by atoms with Crippen LogP contribution >= 0.6 is 11.3 Å². The van der Waals surface area contributed by atoms with Crippen molar-refractivity contribution < 1.29 is 13.5 Å². The van der Waals surface area contributed by atoms with Crippen molar-refractivity contribution in [1.82, 2.24) is 4.72 Å². The molecule has 0 amide bonds. The molecule has 1 atom stereocenters. The first-order valence-corrected chi connectivity index (χ1v) is 12.1. The zero-order valence-electron chi connectivity index (χ0n) is 17.7. The van der Waals surface area contributed by atoms with Gasteiger partial charge in [0, 0.05) is 42.7 Å². The second-order valence-corrected chi connectivity index (χ2v) is 10.5. The Hall–Kier alpha value is -2.70. The summed E-state index contributed by atoms with van der Waals surface area (Å²) in [6.45, 7) is 1.65. The Labute approximate surface area is 187 Å². The van der Waals surface area contributed by atoms with Crippen molar-refractivity contribution >= 4 is 43.9 Å². The second kappa shape index (κ2) is 9.62. The van der Waals surface area contributed by atoms with Crippen molar-refractivity contribution in [2.24, 2.45) is 5.92 Å². The van der Waals surface area contributed by atoms with Gasteiger partial charge in [-0.3, -0.25) is 0 Å². The van der Waals surface area contributed by atoms with Crippen LogP contribution in [0, 0.1) is 17.2 Å². The van der Waals surface area contributed by atoms with Gasteiger partial charge in [0.2, 0.25) is 0 Å². The second-order valence-electron chi connectivity index (χ2n) is 7.60. The third kappa shape index (κ3) is 5.51. The summed E-state index contributed by atoms with van der Waals surface area (Å²) >= 11 is 1.42. The Bertz CT molecular complexity index is 1250. The molecule has 0 radical (unpaired) electrons. The highest BCUT2D eigenvalue weighted by atomic mass is 32.2. The van der Waals surface area contributed by atoms with E-state index in [1.807, 2.05) is 32.3 Å². The van der Waals surface area contributed by atoms with E-state index in [0.29, 0.717) is 4.88 Å². The summed E-state index contributed by atoms with van der Waals surface area (Å²) in [5, 5.41) is 20.7. The Morgan fingerprint density at radius 1 is 1.19 bits per heavy atom. The van der Waals surface area contributed by atoms with Crippen LogP contribution in [0.5, 0.6) is 0 Å². The van der Waals surface area contributed by atoms with Crippen LogP contribution in [0.2, 0.25) is 0 Å². The van der Waals surface area contributed by atoms with Gasteiger partial charge >= 0.3 is 0 Å². The molecule has 0 saturated heterocycles. The molecule has 6 nitrogen and oxygen atoms in total. The first-order chi connectivity index (χ1) is 14.7. The molecule has 2 N–H and O–H groups in total. The number of anilines is 1. The molecular weight excluding hydrogens is 430 g/mol. The molecule has 3 rings (SSSR count). The third-order valence-corrected chi connectivity index (χ3v) is 7.27. The lowest BCUT2D eigenvalue weighted by atomic mass is 10.1. The quantitative estimate of drug-likeness (QED) is 0.500. The van der Waals surface area contributed by atoms with Gasteiger partial charge in [0.15, 0.2) is 4.91 Å². The highest BCUT2D eigenvalue weighted by molar-refractivity contribution is 7.93. The van der Waals surface area contributed by atoms with Gasteiger partial charge in [-0.1, -0.05) is 25.1 Å². The fraction of sp³-hybridized carbons (Fsp3) is 0.261. The number of allylic oxidation sites excluding steroid dienone is 1. The molecule has 0 aliphatic carbocycles. The number of aliphatic hydroxyl groups excluding tert-OH is 1. The number of thiophene rings is 1. The van der Waals surface area contributed by atoms with Gasteiger partial charge in [-0.2, -0.15) is 5.26 Å². The summed E-state index contributed by atoms with van der Waals surface area (Å²) in [4.78, 5) is 3.38. The maximum atomic E-state index is 12.4. The standard InChI is InChI=1S/C23H25N3O3S2/c1-16(15-27)14-25-31(28,29)22(13-24)12-21-8-9-23(30-21)19-5-4-18-11-20(26(2)3)7-6-17(18)10-19/h4-12,16,25,27H,14-15H2,1-3H3/b22-12+. The molecule has 0 bridgehead atoms. The summed E-state index contributed by atoms with van der Waals surface area (Å²) < 4.78 is 27.2.